The fourth-order valence-electron chi connectivity index (χ4n) is 2.06. The van der Waals surface area contributed by atoms with E-state index in [2.05, 4.69) is 0 Å². The van der Waals surface area contributed by atoms with E-state index in [9.17, 15) is 4.79 Å². The predicted molar refractivity (Wildman–Crippen MR) is 42.4 cm³/mol. The predicted octanol–water partition coefficient (Wildman–Crippen LogP) is 0.906. The zero-order valence-electron chi connectivity index (χ0n) is 6.92. The fraction of sp³-hybridized carbons (Fsp3) is 0.875. The van der Waals surface area contributed by atoms with Crippen LogP contribution in [0.25, 0.3) is 0 Å². The molecule has 0 N–H and O–H groups in total. The highest BCUT2D eigenvalue weighted by atomic mass is 16.2. The number of hydrogen-bond acceptors (Lipinski definition) is 1. The number of piperidine rings is 1. The third-order valence-corrected chi connectivity index (χ3v) is 2.68. The first-order valence-electron chi connectivity index (χ1n) is 4.31. The number of amides is 2. The maximum absolute atomic E-state index is 11.4. The first-order chi connectivity index (χ1) is 5.29. The van der Waals surface area contributed by atoms with Gasteiger partial charge in [-0.2, -0.15) is 0 Å². The molecule has 2 amide bonds. The number of carbonyl (C=O) groups is 1. The second-order valence-corrected chi connectivity index (χ2v) is 3.51. The van der Waals surface area contributed by atoms with E-state index in [4.69, 9.17) is 0 Å². The third-order valence-electron chi connectivity index (χ3n) is 2.68. The van der Waals surface area contributed by atoms with Crippen LogP contribution >= 0.6 is 0 Å². The van der Waals surface area contributed by atoms with Crippen LogP contribution in [0.4, 0.5) is 4.79 Å². The maximum Gasteiger partial charge on any atom is 0.320 e. The molecule has 1 atom stereocenters. The van der Waals surface area contributed by atoms with Crippen LogP contribution in [-0.2, 0) is 0 Å². The van der Waals surface area contributed by atoms with E-state index in [1.165, 1.54) is 19.3 Å². The Hall–Kier alpha value is -0.730. The van der Waals surface area contributed by atoms with E-state index in [1.54, 1.807) is 0 Å². The van der Waals surface area contributed by atoms with E-state index >= 15 is 0 Å². The van der Waals surface area contributed by atoms with Gasteiger partial charge in [-0.15, -0.1) is 0 Å². The highest BCUT2D eigenvalue weighted by molar-refractivity contribution is 5.76. The maximum atomic E-state index is 11.4. The molecule has 0 aliphatic carbocycles. The summed E-state index contributed by atoms with van der Waals surface area (Å²) in [5, 5.41) is 0. The largest absolute Gasteiger partial charge is 0.326 e. The zero-order chi connectivity index (χ0) is 7.84. The molecule has 62 valence electrons. The molecule has 2 saturated heterocycles. The number of nitrogens with zero attached hydrogens (tertiary/aromatic N) is 2. The molecule has 2 aliphatic heterocycles. The van der Waals surface area contributed by atoms with Crippen LogP contribution < -0.4 is 0 Å². The van der Waals surface area contributed by atoms with Gasteiger partial charge in [0.1, 0.15) is 0 Å². The van der Waals surface area contributed by atoms with Crippen LogP contribution in [-0.4, -0.2) is 42.0 Å². The monoisotopic (exact) mass is 154 g/mol. The smallest absolute Gasteiger partial charge is 0.320 e. The lowest BCUT2D eigenvalue weighted by Gasteiger charge is -2.27. The van der Waals surface area contributed by atoms with Crippen LogP contribution in [0.1, 0.15) is 19.3 Å². The molecule has 2 aliphatic rings. The molecule has 3 nitrogen and oxygen atoms in total. The van der Waals surface area contributed by atoms with Crippen molar-refractivity contribution in [2.75, 3.05) is 20.1 Å². The normalized spacial score (nSPS) is 31.0. The van der Waals surface area contributed by atoms with Crippen LogP contribution in [0.5, 0.6) is 0 Å². The van der Waals surface area contributed by atoms with Gasteiger partial charge in [0.25, 0.3) is 0 Å². The minimum atomic E-state index is 0.231. The zero-order valence-corrected chi connectivity index (χ0v) is 6.92. The molecule has 0 bridgehead atoms. The summed E-state index contributed by atoms with van der Waals surface area (Å²) in [6, 6.07) is 0.760. The summed E-state index contributed by atoms with van der Waals surface area (Å²) in [7, 11) is 1.89. The molecule has 0 saturated carbocycles. The van der Waals surface area contributed by atoms with Crippen LogP contribution in [0, 0.1) is 0 Å². The van der Waals surface area contributed by atoms with Crippen LogP contribution in [0.2, 0.25) is 0 Å². The van der Waals surface area contributed by atoms with Gasteiger partial charge in [0.05, 0.1) is 6.04 Å². The molecule has 2 rings (SSSR count). The summed E-state index contributed by atoms with van der Waals surface area (Å²) >= 11 is 0. The van der Waals surface area contributed by atoms with Crippen molar-refractivity contribution in [3.63, 3.8) is 0 Å². The van der Waals surface area contributed by atoms with E-state index in [0.717, 1.165) is 13.1 Å². The van der Waals surface area contributed by atoms with Crippen molar-refractivity contribution in [2.24, 2.45) is 0 Å². The lowest BCUT2D eigenvalue weighted by molar-refractivity contribution is 0.178. The summed E-state index contributed by atoms with van der Waals surface area (Å²) in [4.78, 5) is 15.2. The first kappa shape index (κ1) is 6.95. The van der Waals surface area contributed by atoms with Gasteiger partial charge in [0.15, 0.2) is 0 Å². The minimum Gasteiger partial charge on any atom is -0.326 e. The Morgan fingerprint density at radius 2 is 2.27 bits per heavy atom. The number of hydrogen-bond donors (Lipinski definition) is 0. The Bertz CT molecular complexity index is 181. The van der Waals surface area contributed by atoms with Crippen molar-refractivity contribution >= 4 is 6.03 Å². The van der Waals surface area contributed by atoms with Crippen LogP contribution in [0.15, 0.2) is 0 Å². The fourth-order valence-corrected chi connectivity index (χ4v) is 2.06. The highest BCUT2D eigenvalue weighted by Crippen LogP contribution is 2.23. The van der Waals surface area contributed by atoms with Crippen molar-refractivity contribution in [1.29, 1.82) is 0 Å². The van der Waals surface area contributed by atoms with Crippen molar-refractivity contribution in [3.05, 3.63) is 0 Å². The summed E-state index contributed by atoms with van der Waals surface area (Å²) in [6.45, 7) is 1.92. The second kappa shape index (κ2) is 2.40. The molecule has 2 heterocycles. The van der Waals surface area contributed by atoms with Gasteiger partial charge in [-0.1, -0.05) is 0 Å². The SMILES string of the molecule is CN1CC2CCCCN2C1=O. The number of rotatable bonds is 0. The first-order valence-corrected chi connectivity index (χ1v) is 4.31. The van der Waals surface area contributed by atoms with Crippen LogP contribution in [0.3, 0.4) is 0 Å². The van der Waals surface area contributed by atoms with Gasteiger partial charge in [0.2, 0.25) is 0 Å². The summed E-state index contributed by atoms with van der Waals surface area (Å²) < 4.78 is 0. The van der Waals surface area contributed by atoms with Gasteiger partial charge in [-0.25, -0.2) is 4.79 Å². The summed E-state index contributed by atoms with van der Waals surface area (Å²) in [6.07, 6.45) is 3.69. The molecule has 3 heteroatoms. The number of carbonyl (C=O) groups excluding carboxylic acids is 1. The molecule has 11 heavy (non-hydrogen) atoms. The highest BCUT2D eigenvalue weighted by Gasteiger charge is 2.35. The third kappa shape index (κ3) is 0.988. The molecule has 0 aromatic carbocycles. The number of likely N-dealkylation sites (N-methyl/N-ethyl adjacent to an activating group) is 1. The Labute approximate surface area is 67.0 Å². The van der Waals surface area contributed by atoms with Gasteiger partial charge in [-0.3, -0.25) is 0 Å². The standard InChI is InChI=1S/C8H14N2O/c1-9-6-7-4-2-3-5-10(7)8(9)11/h7H,2-6H2,1H3. The van der Waals surface area contributed by atoms with Crippen molar-refractivity contribution in [3.8, 4) is 0 Å². The number of urea groups is 1. The van der Waals surface area contributed by atoms with Gasteiger partial charge < -0.3 is 9.80 Å². The Kier molecular flexibility index (Phi) is 1.51. The summed E-state index contributed by atoms with van der Waals surface area (Å²) in [5.74, 6) is 0. The van der Waals surface area contributed by atoms with E-state index in [0.29, 0.717) is 6.04 Å². The average molecular weight is 154 g/mol. The van der Waals surface area contributed by atoms with E-state index < -0.39 is 0 Å². The molecule has 0 spiro atoms. The molecular formula is C8H14N2O. The van der Waals surface area contributed by atoms with Gasteiger partial charge >= 0.3 is 6.03 Å². The lowest BCUT2D eigenvalue weighted by atomic mass is 10.0. The molecule has 0 radical (unpaired) electrons. The molecular weight excluding hydrogens is 140 g/mol. The molecule has 1 unspecified atom stereocenters. The van der Waals surface area contributed by atoms with E-state index in [1.807, 2.05) is 16.8 Å². The summed E-state index contributed by atoms with van der Waals surface area (Å²) in [5.41, 5.74) is 0. The quantitative estimate of drug-likeness (QED) is 0.508. The Morgan fingerprint density at radius 1 is 1.45 bits per heavy atom. The molecule has 0 aromatic rings. The Morgan fingerprint density at radius 3 is 3.00 bits per heavy atom. The Balaban J connectivity index is 2.11. The molecule has 0 aromatic heterocycles. The lowest BCUT2D eigenvalue weighted by Crippen LogP contribution is -2.38. The van der Waals surface area contributed by atoms with Gasteiger partial charge in [-0.05, 0) is 19.3 Å². The van der Waals surface area contributed by atoms with E-state index in [-0.39, 0.29) is 6.03 Å². The minimum absolute atomic E-state index is 0.231. The second-order valence-electron chi connectivity index (χ2n) is 3.51. The molecule has 2 fully saturated rings. The average Bonchev–Trinajstić information content (AvgIpc) is 2.30. The van der Waals surface area contributed by atoms with Gasteiger partial charge in [0, 0.05) is 20.1 Å². The topological polar surface area (TPSA) is 23.6 Å². The van der Waals surface area contributed by atoms with Crippen molar-refractivity contribution in [2.45, 2.75) is 25.3 Å². The van der Waals surface area contributed by atoms with Crippen molar-refractivity contribution < 1.29 is 4.79 Å². The number of fused-ring (bicyclic) bond motifs is 1. The van der Waals surface area contributed by atoms with Crippen molar-refractivity contribution in [1.82, 2.24) is 9.80 Å².